The van der Waals surface area contributed by atoms with Crippen LogP contribution in [0.25, 0.3) is 0 Å². The number of aliphatic hydroxyl groups excluding tert-OH is 1. The van der Waals surface area contributed by atoms with Crippen molar-refractivity contribution in [2.75, 3.05) is 13.2 Å². The van der Waals surface area contributed by atoms with Crippen molar-refractivity contribution < 1.29 is 9.94 Å². The molecule has 0 fully saturated rings. The van der Waals surface area contributed by atoms with Gasteiger partial charge in [-0.1, -0.05) is 24.3 Å². The largest absolute Gasteiger partial charge is 0.396 e. The summed E-state index contributed by atoms with van der Waals surface area (Å²) >= 11 is 0. The third kappa shape index (κ3) is 2.82. The molecular weight excluding hydrogens is 202 g/mol. The summed E-state index contributed by atoms with van der Waals surface area (Å²) in [5, 5.41) is 8.67. The molecule has 1 aliphatic carbocycles. The highest BCUT2D eigenvalue weighted by Crippen LogP contribution is 2.31. The van der Waals surface area contributed by atoms with Gasteiger partial charge in [0.25, 0.3) is 0 Å². The highest BCUT2D eigenvalue weighted by Gasteiger charge is 2.20. The predicted octanol–water partition coefficient (Wildman–Crippen LogP) is 1.97. The average molecular weight is 221 g/mol. The van der Waals surface area contributed by atoms with E-state index in [-0.39, 0.29) is 12.7 Å². The Morgan fingerprint density at radius 2 is 2.25 bits per heavy atom. The van der Waals surface area contributed by atoms with Gasteiger partial charge in [0.1, 0.15) is 6.10 Å². The van der Waals surface area contributed by atoms with E-state index in [0.717, 1.165) is 19.3 Å². The van der Waals surface area contributed by atoms with Gasteiger partial charge in [-0.15, -0.1) is 0 Å². The van der Waals surface area contributed by atoms with Crippen molar-refractivity contribution in [3.05, 3.63) is 35.4 Å². The van der Waals surface area contributed by atoms with E-state index in [4.69, 9.17) is 9.94 Å². The molecule has 1 aromatic carbocycles. The Balaban J connectivity index is 1.91. The number of aliphatic hydroxyl groups is 1. The zero-order valence-electron chi connectivity index (χ0n) is 9.48. The van der Waals surface area contributed by atoms with Gasteiger partial charge in [0.15, 0.2) is 0 Å². The van der Waals surface area contributed by atoms with Gasteiger partial charge in [-0.3, -0.25) is 4.84 Å². The summed E-state index contributed by atoms with van der Waals surface area (Å²) < 4.78 is 0. The highest BCUT2D eigenvalue weighted by molar-refractivity contribution is 5.31. The first-order valence-corrected chi connectivity index (χ1v) is 5.99. The van der Waals surface area contributed by atoms with E-state index in [1.165, 1.54) is 17.5 Å². The zero-order chi connectivity index (χ0) is 11.2. The second-order valence-electron chi connectivity index (χ2n) is 4.17. The van der Waals surface area contributed by atoms with Gasteiger partial charge in [0.05, 0.1) is 0 Å². The number of benzene rings is 1. The molecule has 0 saturated heterocycles. The van der Waals surface area contributed by atoms with Crippen LogP contribution in [0.4, 0.5) is 0 Å². The van der Waals surface area contributed by atoms with Gasteiger partial charge >= 0.3 is 0 Å². The minimum atomic E-state index is 0.170. The molecule has 0 aromatic heterocycles. The first-order valence-electron chi connectivity index (χ1n) is 5.99. The number of rotatable bonds is 5. The average Bonchev–Trinajstić information content (AvgIpc) is 2.35. The van der Waals surface area contributed by atoms with Crippen molar-refractivity contribution >= 4 is 0 Å². The molecular formula is C13H19NO2. The zero-order valence-corrected chi connectivity index (χ0v) is 9.48. The quantitative estimate of drug-likeness (QED) is 0.590. The van der Waals surface area contributed by atoms with Crippen LogP contribution in [0.2, 0.25) is 0 Å². The second kappa shape index (κ2) is 5.99. The molecule has 1 aliphatic rings. The number of hydrogen-bond donors (Lipinski definition) is 2. The monoisotopic (exact) mass is 221 g/mol. The molecule has 0 spiro atoms. The van der Waals surface area contributed by atoms with E-state index in [1.54, 1.807) is 0 Å². The van der Waals surface area contributed by atoms with Crippen LogP contribution in [0.3, 0.4) is 0 Å². The first kappa shape index (κ1) is 11.6. The second-order valence-corrected chi connectivity index (χ2v) is 4.17. The maximum atomic E-state index is 8.67. The van der Waals surface area contributed by atoms with Gasteiger partial charge in [-0.05, 0) is 36.8 Å². The van der Waals surface area contributed by atoms with Crippen LogP contribution in [0.1, 0.15) is 36.5 Å². The lowest BCUT2D eigenvalue weighted by molar-refractivity contribution is -0.0363. The summed E-state index contributed by atoms with van der Waals surface area (Å²) in [5.74, 6) is 0. The Hall–Kier alpha value is -0.900. The summed E-state index contributed by atoms with van der Waals surface area (Å²) in [6.07, 6.45) is 4.32. The van der Waals surface area contributed by atoms with E-state index in [1.807, 2.05) is 0 Å². The van der Waals surface area contributed by atoms with E-state index < -0.39 is 0 Å². The molecule has 3 nitrogen and oxygen atoms in total. The predicted molar refractivity (Wildman–Crippen MR) is 62.9 cm³/mol. The standard InChI is InChI=1S/C13H19NO2/c15-10-4-9-14-16-13-8-3-6-11-5-1-2-7-12(11)13/h1-2,5,7,13-15H,3-4,6,8-10H2. The molecule has 88 valence electrons. The molecule has 0 radical (unpaired) electrons. The fourth-order valence-electron chi connectivity index (χ4n) is 2.14. The number of fused-ring (bicyclic) bond motifs is 1. The SMILES string of the molecule is OCCCNOC1CCCc2ccccc21. The summed E-state index contributed by atoms with van der Waals surface area (Å²) in [4.78, 5) is 5.65. The normalized spacial score (nSPS) is 19.4. The minimum absolute atomic E-state index is 0.170. The third-order valence-electron chi connectivity index (χ3n) is 2.98. The lowest BCUT2D eigenvalue weighted by Gasteiger charge is -2.25. The lowest BCUT2D eigenvalue weighted by atomic mass is 9.90. The molecule has 1 aromatic rings. The van der Waals surface area contributed by atoms with Crippen LogP contribution in [0.5, 0.6) is 0 Å². The van der Waals surface area contributed by atoms with Gasteiger partial charge in [0, 0.05) is 13.2 Å². The number of hydroxylamine groups is 1. The van der Waals surface area contributed by atoms with E-state index in [0.29, 0.717) is 6.54 Å². The summed E-state index contributed by atoms with van der Waals surface area (Å²) in [6.45, 7) is 0.910. The molecule has 0 aliphatic heterocycles. The molecule has 0 saturated carbocycles. The fourth-order valence-corrected chi connectivity index (χ4v) is 2.14. The number of nitrogens with one attached hydrogen (secondary N) is 1. The summed E-state index contributed by atoms with van der Waals surface area (Å²) in [6, 6.07) is 8.47. The van der Waals surface area contributed by atoms with Crippen molar-refractivity contribution in [2.45, 2.75) is 31.8 Å². The molecule has 0 bridgehead atoms. The molecule has 2 N–H and O–H groups in total. The molecule has 3 heteroatoms. The van der Waals surface area contributed by atoms with Gasteiger partial charge in [-0.2, -0.15) is 0 Å². The minimum Gasteiger partial charge on any atom is -0.396 e. The van der Waals surface area contributed by atoms with Gasteiger partial charge < -0.3 is 5.11 Å². The van der Waals surface area contributed by atoms with E-state index in [9.17, 15) is 0 Å². The van der Waals surface area contributed by atoms with Gasteiger partial charge in [0.2, 0.25) is 0 Å². The Bertz CT molecular complexity index is 327. The van der Waals surface area contributed by atoms with Crippen molar-refractivity contribution in [3.8, 4) is 0 Å². The summed E-state index contributed by atoms with van der Waals surface area (Å²) in [5.41, 5.74) is 5.65. The van der Waals surface area contributed by atoms with Crippen LogP contribution < -0.4 is 5.48 Å². The summed E-state index contributed by atoms with van der Waals surface area (Å²) in [7, 11) is 0. The Kier molecular flexibility index (Phi) is 4.34. The van der Waals surface area contributed by atoms with Crippen molar-refractivity contribution in [3.63, 3.8) is 0 Å². The van der Waals surface area contributed by atoms with Crippen LogP contribution in [-0.4, -0.2) is 18.3 Å². The lowest BCUT2D eigenvalue weighted by Crippen LogP contribution is -2.23. The van der Waals surface area contributed by atoms with E-state index >= 15 is 0 Å². The molecule has 1 atom stereocenters. The van der Waals surface area contributed by atoms with Gasteiger partial charge in [-0.25, -0.2) is 5.48 Å². The molecule has 0 amide bonds. The molecule has 1 unspecified atom stereocenters. The smallest absolute Gasteiger partial charge is 0.104 e. The van der Waals surface area contributed by atoms with Crippen LogP contribution >= 0.6 is 0 Å². The third-order valence-corrected chi connectivity index (χ3v) is 2.98. The van der Waals surface area contributed by atoms with Crippen molar-refractivity contribution in [2.24, 2.45) is 0 Å². The topological polar surface area (TPSA) is 41.5 Å². The molecule has 16 heavy (non-hydrogen) atoms. The van der Waals surface area contributed by atoms with Crippen LogP contribution in [0, 0.1) is 0 Å². The van der Waals surface area contributed by atoms with Crippen LogP contribution in [0.15, 0.2) is 24.3 Å². The first-order chi connectivity index (χ1) is 7.92. The number of hydrogen-bond acceptors (Lipinski definition) is 3. The maximum absolute atomic E-state index is 8.67. The fraction of sp³-hybridized carbons (Fsp3) is 0.538. The Morgan fingerprint density at radius 3 is 3.12 bits per heavy atom. The Morgan fingerprint density at radius 1 is 1.38 bits per heavy atom. The van der Waals surface area contributed by atoms with E-state index in [2.05, 4.69) is 29.7 Å². The van der Waals surface area contributed by atoms with Crippen LogP contribution in [-0.2, 0) is 11.3 Å². The highest BCUT2D eigenvalue weighted by atomic mass is 16.7. The molecule has 0 heterocycles. The molecule has 2 rings (SSSR count). The van der Waals surface area contributed by atoms with Crippen molar-refractivity contribution in [1.29, 1.82) is 0 Å². The maximum Gasteiger partial charge on any atom is 0.104 e. The Labute approximate surface area is 96.4 Å². The number of aryl methyl sites for hydroxylation is 1. The van der Waals surface area contributed by atoms with Crippen molar-refractivity contribution in [1.82, 2.24) is 5.48 Å².